The van der Waals surface area contributed by atoms with Crippen LogP contribution >= 0.6 is 0 Å². The van der Waals surface area contributed by atoms with Gasteiger partial charge in [0.2, 0.25) is 0 Å². The van der Waals surface area contributed by atoms with E-state index in [-0.39, 0.29) is 5.82 Å². The molecule has 2 heterocycles. The van der Waals surface area contributed by atoms with Crippen LogP contribution in [0.4, 0.5) is 4.39 Å². The van der Waals surface area contributed by atoms with Gasteiger partial charge in [0.25, 0.3) is 0 Å². The Morgan fingerprint density at radius 2 is 2.13 bits per heavy atom. The third-order valence-electron chi connectivity index (χ3n) is 2.45. The lowest BCUT2D eigenvalue weighted by atomic mass is 9.93. The Kier molecular flexibility index (Phi) is 2.04. The van der Waals surface area contributed by atoms with Crippen molar-refractivity contribution in [2.45, 2.75) is 26.3 Å². The maximum Gasteiger partial charge on any atom is 0.142 e. The molecule has 0 aliphatic rings. The SMILES string of the molecule is Cc1[nH]c2ncc(F)cc2c1C(C)(C)N. The molecular weight excluding hydrogens is 193 g/mol. The van der Waals surface area contributed by atoms with Crippen molar-refractivity contribution in [1.82, 2.24) is 9.97 Å². The van der Waals surface area contributed by atoms with E-state index in [1.54, 1.807) is 0 Å². The van der Waals surface area contributed by atoms with E-state index >= 15 is 0 Å². The highest BCUT2D eigenvalue weighted by Crippen LogP contribution is 2.29. The van der Waals surface area contributed by atoms with E-state index < -0.39 is 5.54 Å². The Bertz CT molecular complexity index is 508. The van der Waals surface area contributed by atoms with Crippen LogP contribution < -0.4 is 5.73 Å². The molecule has 0 aliphatic carbocycles. The average Bonchev–Trinajstić information content (AvgIpc) is 2.38. The van der Waals surface area contributed by atoms with Crippen molar-refractivity contribution in [3.05, 3.63) is 29.3 Å². The van der Waals surface area contributed by atoms with Gasteiger partial charge in [-0.1, -0.05) is 0 Å². The van der Waals surface area contributed by atoms with Crippen molar-refractivity contribution < 1.29 is 4.39 Å². The molecule has 0 fully saturated rings. The fourth-order valence-corrected chi connectivity index (χ4v) is 2.00. The van der Waals surface area contributed by atoms with Gasteiger partial charge in [0.1, 0.15) is 11.5 Å². The molecule has 0 aromatic carbocycles. The van der Waals surface area contributed by atoms with Crippen LogP contribution in [-0.4, -0.2) is 9.97 Å². The second kappa shape index (κ2) is 3.03. The third-order valence-corrected chi connectivity index (χ3v) is 2.45. The number of pyridine rings is 1. The van der Waals surface area contributed by atoms with Crippen LogP contribution in [0.15, 0.2) is 12.3 Å². The number of H-pyrrole nitrogens is 1. The van der Waals surface area contributed by atoms with E-state index in [9.17, 15) is 4.39 Å². The number of aromatic amines is 1. The summed E-state index contributed by atoms with van der Waals surface area (Å²) in [6.45, 7) is 5.71. The second-order valence-electron chi connectivity index (χ2n) is 4.40. The van der Waals surface area contributed by atoms with Crippen LogP contribution in [0.5, 0.6) is 0 Å². The maximum absolute atomic E-state index is 13.1. The summed E-state index contributed by atoms with van der Waals surface area (Å²) >= 11 is 0. The molecule has 3 N–H and O–H groups in total. The number of rotatable bonds is 1. The zero-order chi connectivity index (χ0) is 11.2. The van der Waals surface area contributed by atoms with Gasteiger partial charge in [-0.25, -0.2) is 9.37 Å². The van der Waals surface area contributed by atoms with Gasteiger partial charge in [0.05, 0.1) is 6.20 Å². The number of nitrogens with one attached hydrogen (secondary N) is 1. The number of aromatic nitrogens is 2. The predicted octanol–water partition coefficient (Wildman–Crippen LogP) is 2.20. The minimum atomic E-state index is -0.502. The molecule has 4 heteroatoms. The molecule has 0 spiro atoms. The van der Waals surface area contributed by atoms with Crippen LogP contribution in [-0.2, 0) is 5.54 Å². The number of halogens is 1. The van der Waals surface area contributed by atoms with E-state index in [4.69, 9.17) is 5.73 Å². The lowest BCUT2D eigenvalue weighted by Gasteiger charge is -2.19. The first-order valence-corrected chi connectivity index (χ1v) is 4.83. The van der Waals surface area contributed by atoms with Gasteiger partial charge in [-0.05, 0) is 26.8 Å². The lowest BCUT2D eigenvalue weighted by molar-refractivity contribution is 0.555. The Morgan fingerprint density at radius 3 is 2.73 bits per heavy atom. The molecule has 0 saturated carbocycles. The molecule has 0 amide bonds. The topological polar surface area (TPSA) is 54.7 Å². The van der Waals surface area contributed by atoms with Gasteiger partial charge in [-0.3, -0.25) is 0 Å². The summed E-state index contributed by atoms with van der Waals surface area (Å²) in [5.41, 5.74) is 8.09. The summed E-state index contributed by atoms with van der Waals surface area (Å²) in [6, 6.07) is 1.47. The van der Waals surface area contributed by atoms with E-state index in [0.29, 0.717) is 5.65 Å². The van der Waals surface area contributed by atoms with Crippen LogP contribution in [0.3, 0.4) is 0 Å². The minimum Gasteiger partial charge on any atom is -0.343 e. The Balaban J connectivity index is 2.82. The zero-order valence-electron chi connectivity index (χ0n) is 9.06. The molecule has 0 aliphatic heterocycles. The zero-order valence-corrected chi connectivity index (χ0v) is 9.06. The summed E-state index contributed by atoms with van der Waals surface area (Å²) < 4.78 is 13.1. The molecule has 2 rings (SSSR count). The van der Waals surface area contributed by atoms with Gasteiger partial charge in [0, 0.05) is 22.2 Å². The predicted molar refractivity (Wildman–Crippen MR) is 58.0 cm³/mol. The molecule has 0 radical (unpaired) electrons. The maximum atomic E-state index is 13.1. The highest BCUT2D eigenvalue weighted by molar-refractivity contribution is 5.82. The van der Waals surface area contributed by atoms with Crippen molar-refractivity contribution in [3.63, 3.8) is 0 Å². The molecule has 2 aromatic heterocycles. The molecule has 15 heavy (non-hydrogen) atoms. The fraction of sp³-hybridized carbons (Fsp3) is 0.364. The first-order valence-electron chi connectivity index (χ1n) is 4.83. The molecule has 2 aromatic rings. The largest absolute Gasteiger partial charge is 0.343 e. The van der Waals surface area contributed by atoms with Gasteiger partial charge < -0.3 is 10.7 Å². The first-order chi connectivity index (χ1) is 6.89. The van der Waals surface area contributed by atoms with Crippen LogP contribution in [0.2, 0.25) is 0 Å². The van der Waals surface area contributed by atoms with Gasteiger partial charge in [-0.2, -0.15) is 0 Å². The molecule has 3 nitrogen and oxygen atoms in total. The van der Waals surface area contributed by atoms with E-state index in [2.05, 4.69) is 9.97 Å². The van der Waals surface area contributed by atoms with Crippen molar-refractivity contribution in [1.29, 1.82) is 0 Å². The number of hydrogen-bond acceptors (Lipinski definition) is 2. The molecular formula is C11H14FN3. The summed E-state index contributed by atoms with van der Waals surface area (Å²) in [6.07, 6.45) is 1.20. The number of fused-ring (bicyclic) bond motifs is 1. The molecule has 0 bridgehead atoms. The number of nitrogens with zero attached hydrogens (tertiary/aromatic N) is 1. The first kappa shape index (κ1) is 10.1. The second-order valence-corrected chi connectivity index (χ2v) is 4.40. The van der Waals surface area contributed by atoms with E-state index in [0.717, 1.165) is 16.6 Å². The fourth-order valence-electron chi connectivity index (χ4n) is 2.00. The van der Waals surface area contributed by atoms with Crippen LogP contribution in [0.1, 0.15) is 25.1 Å². The van der Waals surface area contributed by atoms with Crippen LogP contribution in [0.25, 0.3) is 11.0 Å². The van der Waals surface area contributed by atoms with Crippen molar-refractivity contribution >= 4 is 11.0 Å². The summed E-state index contributed by atoms with van der Waals surface area (Å²) in [4.78, 5) is 7.09. The standard InChI is InChI=1S/C11H14FN3/c1-6-9(11(2,3)13)8-4-7(12)5-14-10(8)15-6/h4-5H,13H2,1-3H3,(H,14,15). The summed E-state index contributed by atoms with van der Waals surface area (Å²) in [5.74, 6) is -0.341. The van der Waals surface area contributed by atoms with Gasteiger partial charge in [0.15, 0.2) is 0 Å². The number of hydrogen-bond donors (Lipinski definition) is 2. The van der Waals surface area contributed by atoms with Crippen molar-refractivity contribution in [2.75, 3.05) is 0 Å². The Labute approximate surface area is 87.5 Å². The van der Waals surface area contributed by atoms with E-state index in [1.807, 2.05) is 20.8 Å². The van der Waals surface area contributed by atoms with Crippen molar-refractivity contribution in [3.8, 4) is 0 Å². The van der Waals surface area contributed by atoms with Gasteiger partial charge >= 0.3 is 0 Å². The van der Waals surface area contributed by atoms with Crippen molar-refractivity contribution in [2.24, 2.45) is 5.73 Å². The normalized spacial score (nSPS) is 12.3. The Morgan fingerprint density at radius 1 is 1.47 bits per heavy atom. The minimum absolute atomic E-state index is 0.341. The summed E-state index contributed by atoms with van der Waals surface area (Å²) in [7, 11) is 0. The highest BCUT2D eigenvalue weighted by Gasteiger charge is 2.22. The number of aryl methyl sites for hydroxylation is 1. The van der Waals surface area contributed by atoms with E-state index in [1.165, 1.54) is 12.3 Å². The monoisotopic (exact) mass is 207 g/mol. The van der Waals surface area contributed by atoms with Crippen LogP contribution in [0, 0.1) is 12.7 Å². The highest BCUT2D eigenvalue weighted by atomic mass is 19.1. The molecule has 0 unspecified atom stereocenters. The smallest absolute Gasteiger partial charge is 0.142 e. The molecule has 80 valence electrons. The number of nitrogens with two attached hydrogens (primary N) is 1. The third kappa shape index (κ3) is 1.61. The average molecular weight is 207 g/mol. The lowest BCUT2D eigenvalue weighted by Crippen LogP contribution is -2.29. The summed E-state index contributed by atoms with van der Waals surface area (Å²) in [5, 5.41) is 0.764. The Hall–Kier alpha value is -1.42. The van der Waals surface area contributed by atoms with Gasteiger partial charge in [-0.15, -0.1) is 0 Å². The quantitative estimate of drug-likeness (QED) is 0.753. The molecule has 0 saturated heterocycles. The molecule has 0 atom stereocenters.